The number of nitro benzene ring substituents is 1. The molecule has 1 aromatic rings. The molecule has 130 valence electrons. The van der Waals surface area contributed by atoms with E-state index in [1.54, 1.807) is 0 Å². The molecule has 0 heterocycles. The first-order valence-corrected chi connectivity index (χ1v) is 7.68. The van der Waals surface area contributed by atoms with Crippen LogP contribution in [0, 0.1) is 16.0 Å². The van der Waals surface area contributed by atoms with Crippen LogP contribution in [0.3, 0.4) is 0 Å². The summed E-state index contributed by atoms with van der Waals surface area (Å²) < 4.78 is 4.93. The summed E-state index contributed by atoms with van der Waals surface area (Å²) in [4.78, 5) is 44.8. The average Bonchev–Trinajstić information content (AvgIpc) is 2.50. The van der Waals surface area contributed by atoms with Gasteiger partial charge in [-0.05, 0) is 34.0 Å². The van der Waals surface area contributed by atoms with E-state index >= 15 is 0 Å². The molecule has 0 saturated heterocycles. The maximum Gasteiger partial charge on any atom is 0.338 e. The number of nitrogens with zero attached hydrogens (tertiary/aromatic N) is 1. The van der Waals surface area contributed by atoms with Gasteiger partial charge in [-0.3, -0.25) is 20.2 Å². The Balaban J connectivity index is 2.54. The Bertz CT molecular complexity index is 662. The van der Waals surface area contributed by atoms with Gasteiger partial charge in [0.05, 0.1) is 15.0 Å². The fraction of sp³-hybridized carbons (Fsp3) is 0.357. The van der Waals surface area contributed by atoms with Crippen LogP contribution in [0.1, 0.15) is 24.2 Å². The van der Waals surface area contributed by atoms with Gasteiger partial charge in [0.1, 0.15) is 0 Å². The second-order valence-electron chi connectivity index (χ2n) is 5.15. The summed E-state index contributed by atoms with van der Waals surface area (Å²) in [6, 6.07) is 2.98. The molecule has 2 N–H and O–H groups in total. The van der Waals surface area contributed by atoms with Gasteiger partial charge < -0.3 is 10.1 Å². The van der Waals surface area contributed by atoms with Crippen LogP contribution in [-0.2, 0) is 9.53 Å². The minimum atomic E-state index is -0.914. The molecule has 0 aliphatic rings. The van der Waals surface area contributed by atoms with Gasteiger partial charge in [-0.2, -0.15) is 0 Å². The fourth-order valence-corrected chi connectivity index (χ4v) is 1.89. The van der Waals surface area contributed by atoms with Crippen LogP contribution in [0.15, 0.2) is 22.7 Å². The van der Waals surface area contributed by atoms with Crippen molar-refractivity contribution in [3.63, 3.8) is 0 Å². The molecule has 0 spiro atoms. The second kappa shape index (κ2) is 8.96. The first-order chi connectivity index (χ1) is 11.2. The van der Waals surface area contributed by atoms with Crippen LogP contribution in [0.5, 0.6) is 0 Å². The topological polar surface area (TPSA) is 128 Å². The van der Waals surface area contributed by atoms with Crippen molar-refractivity contribution in [3.8, 4) is 0 Å². The van der Waals surface area contributed by atoms with Crippen molar-refractivity contribution in [2.75, 3.05) is 13.2 Å². The Labute approximate surface area is 146 Å². The predicted molar refractivity (Wildman–Crippen MR) is 87.5 cm³/mol. The summed E-state index contributed by atoms with van der Waals surface area (Å²) in [7, 11) is 0. The zero-order chi connectivity index (χ0) is 18.3. The molecule has 10 heteroatoms. The van der Waals surface area contributed by atoms with Gasteiger partial charge in [0.25, 0.3) is 11.6 Å². The normalized spacial score (nSPS) is 10.2. The van der Waals surface area contributed by atoms with Gasteiger partial charge in [0, 0.05) is 12.6 Å². The van der Waals surface area contributed by atoms with E-state index in [4.69, 9.17) is 4.74 Å². The maximum absolute atomic E-state index is 11.8. The highest BCUT2D eigenvalue weighted by molar-refractivity contribution is 9.10. The van der Waals surface area contributed by atoms with Crippen LogP contribution >= 0.6 is 15.9 Å². The number of ether oxygens (including phenoxy) is 1. The lowest BCUT2D eigenvalue weighted by Gasteiger charge is -2.09. The predicted octanol–water partition coefficient (Wildman–Crippen LogP) is 2.00. The molecule has 24 heavy (non-hydrogen) atoms. The SMILES string of the molecule is CC(C)CNC(=O)NC(=O)COC(=O)c1ccc(Br)c([N+](=O)[O-])c1. The van der Waals surface area contributed by atoms with Crippen LogP contribution in [-0.4, -0.2) is 36.0 Å². The Hall–Kier alpha value is -2.49. The van der Waals surface area contributed by atoms with E-state index < -0.39 is 29.4 Å². The van der Waals surface area contributed by atoms with Gasteiger partial charge in [-0.1, -0.05) is 13.8 Å². The molecular formula is C14H16BrN3O6. The number of hydrogen-bond acceptors (Lipinski definition) is 6. The van der Waals surface area contributed by atoms with Crippen molar-refractivity contribution in [1.82, 2.24) is 10.6 Å². The van der Waals surface area contributed by atoms with E-state index in [1.807, 2.05) is 19.2 Å². The van der Waals surface area contributed by atoms with E-state index in [0.717, 1.165) is 6.07 Å². The molecule has 0 fully saturated rings. The van der Waals surface area contributed by atoms with Gasteiger partial charge in [0.15, 0.2) is 6.61 Å². The number of amides is 3. The van der Waals surface area contributed by atoms with Crippen LogP contribution in [0.25, 0.3) is 0 Å². The molecule has 0 aliphatic carbocycles. The lowest BCUT2D eigenvalue weighted by molar-refractivity contribution is -0.385. The summed E-state index contributed by atoms with van der Waals surface area (Å²) >= 11 is 2.99. The first kappa shape index (κ1) is 19.6. The van der Waals surface area contributed by atoms with E-state index in [2.05, 4.69) is 21.2 Å². The van der Waals surface area contributed by atoms with Crippen molar-refractivity contribution < 1.29 is 24.0 Å². The summed E-state index contributed by atoms with van der Waals surface area (Å²) in [5.74, 6) is -1.50. The van der Waals surface area contributed by atoms with E-state index in [-0.39, 0.29) is 21.6 Å². The molecule has 0 unspecified atom stereocenters. The van der Waals surface area contributed by atoms with E-state index in [0.29, 0.717) is 6.54 Å². The number of imide groups is 1. The fourth-order valence-electron chi connectivity index (χ4n) is 1.50. The third-order valence-corrected chi connectivity index (χ3v) is 3.31. The number of halogens is 1. The van der Waals surface area contributed by atoms with Crippen LogP contribution in [0.4, 0.5) is 10.5 Å². The number of carbonyl (C=O) groups excluding carboxylic acids is 3. The summed E-state index contributed by atoms with van der Waals surface area (Å²) in [6.45, 7) is 3.49. The number of urea groups is 1. The number of carbonyl (C=O) groups is 3. The Morgan fingerprint density at radius 3 is 2.58 bits per heavy atom. The highest BCUT2D eigenvalue weighted by Crippen LogP contribution is 2.25. The highest BCUT2D eigenvalue weighted by Gasteiger charge is 2.18. The number of nitro groups is 1. The standard InChI is InChI=1S/C14H16BrN3O6/c1-8(2)6-16-14(21)17-12(19)7-24-13(20)9-3-4-10(15)11(5-9)18(22)23/h3-5,8H,6-7H2,1-2H3,(H2,16,17,19,21). The van der Waals surface area contributed by atoms with E-state index in [9.17, 15) is 24.5 Å². The largest absolute Gasteiger partial charge is 0.452 e. The quantitative estimate of drug-likeness (QED) is 0.426. The maximum atomic E-state index is 11.8. The molecule has 1 aromatic carbocycles. The van der Waals surface area contributed by atoms with Crippen molar-refractivity contribution in [2.24, 2.45) is 5.92 Å². The van der Waals surface area contributed by atoms with Gasteiger partial charge in [-0.15, -0.1) is 0 Å². The first-order valence-electron chi connectivity index (χ1n) is 6.89. The number of benzene rings is 1. The number of hydrogen-bond donors (Lipinski definition) is 2. The molecule has 0 saturated carbocycles. The van der Waals surface area contributed by atoms with Crippen molar-refractivity contribution in [2.45, 2.75) is 13.8 Å². The molecular weight excluding hydrogens is 386 g/mol. The van der Waals surface area contributed by atoms with Crippen molar-refractivity contribution in [3.05, 3.63) is 38.3 Å². The summed E-state index contributed by atoms with van der Waals surface area (Å²) in [5, 5.41) is 15.3. The smallest absolute Gasteiger partial charge is 0.338 e. The lowest BCUT2D eigenvalue weighted by Crippen LogP contribution is -2.42. The monoisotopic (exact) mass is 401 g/mol. The molecule has 3 amide bonds. The number of nitrogens with one attached hydrogen (secondary N) is 2. The lowest BCUT2D eigenvalue weighted by atomic mass is 10.2. The average molecular weight is 402 g/mol. The highest BCUT2D eigenvalue weighted by atomic mass is 79.9. The van der Waals surface area contributed by atoms with Crippen LogP contribution < -0.4 is 10.6 Å². The van der Waals surface area contributed by atoms with E-state index in [1.165, 1.54) is 12.1 Å². The Kier molecular flexibility index (Phi) is 7.31. The number of esters is 1. The molecule has 0 bridgehead atoms. The van der Waals surface area contributed by atoms with Crippen molar-refractivity contribution >= 4 is 39.5 Å². The minimum Gasteiger partial charge on any atom is -0.452 e. The van der Waals surface area contributed by atoms with Gasteiger partial charge in [0.2, 0.25) is 0 Å². The van der Waals surface area contributed by atoms with Gasteiger partial charge in [-0.25, -0.2) is 9.59 Å². The number of rotatable bonds is 6. The van der Waals surface area contributed by atoms with Crippen molar-refractivity contribution in [1.29, 1.82) is 0 Å². The third kappa shape index (κ3) is 6.32. The zero-order valence-corrected chi connectivity index (χ0v) is 14.6. The molecule has 0 radical (unpaired) electrons. The minimum absolute atomic E-state index is 0.0815. The molecule has 1 rings (SSSR count). The molecule has 0 atom stereocenters. The van der Waals surface area contributed by atoms with Gasteiger partial charge >= 0.3 is 12.0 Å². The Morgan fingerprint density at radius 1 is 1.33 bits per heavy atom. The third-order valence-electron chi connectivity index (χ3n) is 2.64. The molecule has 0 aromatic heterocycles. The van der Waals surface area contributed by atoms with Crippen LogP contribution in [0.2, 0.25) is 0 Å². The summed E-state index contributed by atoms with van der Waals surface area (Å²) in [6.07, 6.45) is 0. The Morgan fingerprint density at radius 2 is 2.00 bits per heavy atom. The molecule has 0 aliphatic heterocycles. The summed E-state index contributed by atoms with van der Waals surface area (Å²) in [5.41, 5.74) is -0.385. The molecule has 9 nitrogen and oxygen atoms in total. The zero-order valence-electron chi connectivity index (χ0n) is 13.0. The second-order valence-corrected chi connectivity index (χ2v) is 6.01.